The average Bonchev–Trinajstić information content (AvgIpc) is 2.88. The lowest BCUT2D eigenvalue weighted by molar-refractivity contribution is -0.137. The number of benzene rings is 1. The van der Waals surface area contributed by atoms with Crippen LogP contribution in [-0.4, -0.2) is 85.8 Å². The number of morpholine rings is 1. The SMILES string of the molecule is O=C(NCCN1CCOCC1)[C@@H]1Cc2cc(C(F)(F)F)ccc2N2CCN(c3cnccn3)C[C@H]12. The first-order chi connectivity index (χ1) is 16.9. The van der Waals surface area contributed by atoms with Crippen LogP contribution < -0.4 is 15.1 Å². The summed E-state index contributed by atoms with van der Waals surface area (Å²) in [7, 11) is 0. The van der Waals surface area contributed by atoms with Gasteiger partial charge in [-0.1, -0.05) is 0 Å². The van der Waals surface area contributed by atoms with E-state index in [0.717, 1.165) is 37.2 Å². The number of aromatic nitrogens is 2. The number of hydrogen-bond donors (Lipinski definition) is 1. The largest absolute Gasteiger partial charge is 0.416 e. The van der Waals surface area contributed by atoms with Gasteiger partial charge >= 0.3 is 6.18 Å². The zero-order valence-corrected chi connectivity index (χ0v) is 19.4. The molecule has 2 fully saturated rings. The van der Waals surface area contributed by atoms with E-state index < -0.39 is 17.7 Å². The number of fused-ring (bicyclic) bond motifs is 3. The molecule has 35 heavy (non-hydrogen) atoms. The number of ether oxygens (including phenoxy) is 1. The fourth-order valence-electron chi connectivity index (χ4n) is 5.26. The number of nitrogens with zero attached hydrogens (tertiary/aromatic N) is 5. The summed E-state index contributed by atoms with van der Waals surface area (Å²) >= 11 is 0. The quantitative estimate of drug-likeness (QED) is 0.686. The number of carbonyl (C=O) groups excluding carboxylic acids is 1. The zero-order valence-electron chi connectivity index (χ0n) is 19.4. The van der Waals surface area contributed by atoms with Gasteiger partial charge in [0.2, 0.25) is 5.91 Å². The summed E-state index contributed by atoms with van der Waals surface area (Å²) in [5.41, 5.74) is 0.663. The summed E-state index contributed by atoms with van der Waals surface area (Å²) < 4.78 is 45.6. The highest BCUT2D eigenvalue weighted by atomic mass is 19.4. The van der Waals surface area contributed by atoms with Crippen LogP contribution >= 0.6 is 0 Å². The van der Waals surface area contributed by atoms with Crippen molar-refractivity contribution < 1.29 is 22.7 Å². The van der Waals surface area contributed by atoms with Gasteiger partial charge in [-0.3, -0.25) is 14.7 Å². The highest BCUT2D eigenvalue weighted by Crippen LogP contribution is 2.40. The molecule has 2 aromatic rings. The third-order valence-corrected chi connectivity index (χ3v) is 7.08. The number of rotatable bonds is 5. The molecule has 3 aliphatic heterocycles. The highest BCUT2D eigenvalue weighted by Gasteiger charge is 2.43. The molecule has 0 bridgehead atoms. The molecule has 1 N–H and O–H groups in total. The normalized spacial score (nSPS) is 22.9. The van der Waals surface area contributed by atoms with Crippen molar-refractivity contribution in [1.82, 2.24) is 20.2 Å². The second kappa shape index (κ2) is 9.98. The first-order valence-corrected chi connectivity index (χ1v) is 12.0. The number of alkyl halides is 3. The zero-order chi connectivity index (χ0) is 24.4. The summed E-state index contributed by atoms with van der Waals surface area (Å²) in [6.07, 6.45) is 0.774. The van der Waals surface area contributed by atoms with Crippen LogP contribution in [0.1, 0.15) is 11.1 Å². The Morgan fingerprint density at radius 1 is 1.14 bits per heavy atom. The lowest BCUT2D eigenvalue weighted by atomic mass is 9.82. The number of carbonyl (C=O) groups is 1. The van der Waals surface area contributed by atoms with Crippen LogP contribution in [0.4, 0.5) is 24.7 Å². The van der Waals surface area contributed by atoms with Crippen LogP contribution in [0.15, 0.2) is 36.8 Å². The molecule has 3 aliphatic rings. The summed E-state index contributed by atoms with van der Waals surface area (Å²) in [4.78, 5) is 28.4. The predicted octanol–water partition coefficient (Wildman–Crippen LogP) is 1.81. The molecule has 5 rings (SSSR count). The number of amides is 1. The highest BCUT2D eigenvalue weighted by molar-refractivity contribution is 5.82. The molecule has 1 aromatic heterocycles. The molecule has 4 heterocycles. The number of halogens is 3. The minimum Gasteiger partial charge on any atom is -0.379 e. The van der Waals surface area contributed by atoms with Crippen LogP contribution in [0.5, 0.6) is 0 Å². The maximum atomic E-state index is 13.4. The first kappa shape index (κ1) is 23.8. The van der Waals surface area contributed by atoms with E-state index in [-0.39, 0.29) is 18.4 Å². The van der Waals surface area contributed by atoms with Gasteiger partial charge in [-0.15, -0.1) is 0 Å². The summed E-state index contributed by atoms with van der Waals surface area (Å²) in [6, 6.07) is 3.70. The Morgan fingerprint density at radius 2 is 1.97 bits per heavy atom. The topological polar surface area (TPSA) is 73.8 Å². The van der Waals surface area contributed by atoms with Crippen LogP contribution in [0.3, 0.4) is 0 Å². The van der Waals surface area contributed by atoms with Gasteiger partial charge in [-0.2, -0.15) is 13.2 Å². The van der Waals surface area contributed by atoms with E-state index in [0.29, 0.717) is 45.0 Å². The summed E-state index contributed by atoms with van der Waals surface area (Å²) in [6.45, 7) is 6.00. The fraction of sp³-hybridized carbons (Fsp3) is 0.542. The predicted molar refractivity (Wildman–Crippen MR) is 124 cm³/mol. The van der Waals surface area contributed by atoms with Gasteiger partial charge in [0.15, 0.2) is 0 Å². The molecule has 11 heteroatoms. The van der Waals surface area contributed by atoms with E-state index in [1.165, 1.54) is 6.07 Å². The Labute approximate surface area is 202 Å². The van der Waals surface area contributed by atoms with Crippen molar-refractivity contribution in [2.24, 2.45) is 5.92 Å². The van der Waals surface area contributed by atoms with Crippen LogP contribution in [0.25, 0.3) is 0 Å². The van der Waals surface area contributed by atoms with Gasteiger partial charge in [0, 0.05) is 63.9 Å². The molecule has 188 valence electrons. The van der Waals surface area contributed by atoms with E-state index >= 15 is 0 Å². The second-order valence-corrected chi connectivity index (χ2v) is 9.17. The molecule has 0 radical (unpaired) electrons. The van der Waals surface area contributed by atoms with Crippen molar-refractivity contribution in [3.8, 4) is 0 Å². The Bertz CT molecular complexity index is 1030. The van der Waals surface area contributed by atoms with Crippen LogP contribution in [0, 0.1) is 5.92 Å². The van der Waals surface area contributed by atoms with Gasteiger partial charge in [-0.05, 0) is 30.2 Å². The average molecular weight is 491 g/mol. The lowest BCUT2D eigenvalue weighted by Crippen LogP contribution is -2.61. The van der Waals surface area contributed by atoms with Gasteiger partial charge in [0.1, 0.15) is 5.82 Å². The molecule has 0 saturated carbocycles. The maximum Gasteiger partial charge on any atom is 0.416 e. The fourth-order valence-corrected chi connectivity index (χ4v) is 5.26. The third-order valence-electron chi connectivity index (χ3n) is 7.08. The smallest absolute Gasteiger partial charge is 0.379 e. The van der Waals surface area contributed by atoms with E-state index in [1.807, 2.05) is 0 Å². The Morgan fingerprint density at radius 3 is 2.71 bits per heavy atom. The number of anilines is 2. The molecule has 2 saturated heterocycles. The van der Waals surface area contributed by atoms with E-state index in [4.69, 9.17) is 4.74 Å². The maximum absolute atomic E-state index is 13.4. The van der Waals surface area contributed by atoms with Gasteiger partial charge < -0.3 is 19.9 Å². The van der Waals surface area contributed by atoms with Crippen molar-refractivity contribution >= 4 is 17.4 Å². The molecule has 1 aromatic carbocycles. The van der Waals surface area contributed by atoms with Gasteiger partial charge in [0.25, 0.3) is 0 Å². The third kappa shape index (κ3) is 5.20. The summed E-state index contributed by atoms with van der Waals surface area (Å²) in [5.74, 6) is 0.129. The minimum atomic E-state index is -4.42. The summed E-state index contributed by atoms with van der Waals surface area (Å²) in [5, 5.41) is 3.05. The molecular formula is C24H29F3N6O2. The van der Waals surface area contributed by atoms with Crippen LogP contribution in [0.2, 0.25) is 0 Å². The van der Waals surface area contributed by atoms with Crippen LogP contribution in [-0.2, 0) is 22.1 Å². The second-order valence-electron chi connectivity index (χ2n) is 9.17. The van der Waals surface area contributed by atoms with E-state index in [1.54, 1.807) is 24.7 Å². The standard InChI is InChI=1S/C24H29F3N6O2/c25-24(26,27)18-1-2-20-17(13-18)14-19(23(34)30-5-6-31-9-11-35-12-10-31)21-16-32(7-8-33(20)21)22-15-28-3-4-29-22/h1-4,13,15,19,21H,5-12,14,16H2,(H,30,34)/t19-,21-/m1/s1. The number of piperazine rings is 1. The monoisotopic (exact) mass is 490 g/mol. The molecule has 1 amide bonds. The van der Waals surface area contributed by atoms with Crippen molar-refractivity contribution in [3.63, 3.8) is 0 Å². The van der Waals surface area contributed by atoms with E-state index in [2.05, 4.69) is 30.0 Å². The van der Waals surface area contributed by atoms with Crippen molar-refractivity contribution in [2.45, 2.75) is 18.6 Å². The van der Waals surface area contributed by atoms with Crippen molar-refractivity contribution in [2.75, 3.05) is 68.8 Å². The first-order valence-electron chi connectivity index (χ1n) is 12.0. The Balaban J connectivity index is 1.36. The van der Waals surface area contributed by atoms with Crippen molar-refractivity contribution in [3.05, 3.63) is 47.9 Å². The number of nitrogens with one attached hydrogen (secondary N) is 1. The molecule has 8 nitrogen and oxygen atoms in total. The van der Waals surface area contributed by atoms with Crippen molar-refractivity contribution in [1.29, 1.82) is 0 Å². The molecule has 0 aliphatic carbocycles. The Kier molecular flexibility index (Phi) is 6.79. The Hall–Kier alpha value is -2.92. The number of hydrogen-bond acceptors (Lipinski definition) is 7. The van der Waals surface area contributed by atoms with Gasteiger partial charge in [-0.25, -0.2) is 4.98 Å². The van der Waals surface area contributed by atoms with Gasteiger partial charge in [0.05, 0.1) is 36.9 Å². The van der Waals surface area contributed by atoms with E-state index in [9.17, 15) is 18.0 Å². The molecular weight excluding hydrogens is 461 g/mol. The molecule has 0 spiro atoms. The molecule has 0 unspecified atom stereocenters. The minimum absolute atomic E-state index is 0.127. The lowest BCUT2D eigenvalue weighted by Gasteiger charge is -2.49. The molecule has 2 atom stereocenters.